The van der Waals surface area contributed by atoms with E-state index in [0.717, 1.165) is 12.0 Å². The number of H-pyrrole nitrogens is 1. The summed E-state index contributed by atoms with van der Waals surface area (Å²) in [5.74, 6) is 0.498. The van der Waals surface area contributed by atoms with Crippen LogP contribution < -0.4 is 10.1 Å². The van der Waals surface area contributed by atoms with Crippen molar-refractivity contribution in [3.8, 4) is 17.3 Å². The van der Waals surface area contributed by atoms with Crippen LogP contribution in [0.4, 0.5) is 10.1 Å². The fourth-order valence-corrected chi connectivity index (χ4v) is 3.01. The number of hydrogen-bond acceptors (Lipinski definition) is 5. The van der Waals surface area contributed by atoms with Crippen LogP contribution in [0.1, 0.15) is 16.8 Å². The lowest BCUT2D eigenvalue weighted by atomic mass is 10.2. The summed E-state index contributed by atoms with van der Waals surface area (Å²) in [7, 11) is 1.64. The number of benzene rings is 2. The summed E-state index contributed by atoms with van der Waals surface area (Å²) in [6.45, 7) is 1.12. The van der Waals surface area contributed by atoms with Crippen molar-refractivity contribution in [2.45, 2.75) is 6.42 Å². The van der Waals surface area contributed by atoms with Crippen LogP contribution >= 0.6 is 0 Å². The van der Waals surface area contributed by atoms with Gasteiger partial charge in [-0.2, -0.15) is 0 Å². The number of halogens is 1. The minimum absolute atomic E-state index is 0.273. The second kappa shape index (κ2) is 9.36. The number of aromatic nitrogens is 3. The van der Waals surface area contributed by atoms with Crippen molar-refractivity contribution in [2.75, 3.05) is 25.6 Å². The van der Waals surface area contributed by atoms with E-state index in [-0.39, 0.29) is 11.7 Å². The number of nitrogens with zero attached hydrogens (tertiary/aromatic N) is 2. The van der Waals surface area contributed by atoms with E-state index in [1.165, 1.54) is 18.3 Å². The molecule has 2 N–H and O–H groups in total. The molecule has 8 heteroatoms. The summed E-state index contributed by atoms with van der Waals surface area (Å²) in [5, 5.41) is 2.83. The predicted molar refractivity (Wildman–Crippen MR) is 116 cm³/mol. The van der Waals surface area contributed by atoms with Crippen molar-refractivity contribution in [1.82, 2.24) is 15.0 Å². The van der Waals surface area contributed by atoms with Crippen LogP contribution in [0.25, 0.3) is 22.4 Å². The maximum atomic E-state index is 13.4. The van der Waals surface area contributed by atoms with Crippen LogP contribution in [0.2, 0.25) is 0 Å². The lowest BCUT2D eigenvalue weighted by Gasteiger charge is -2.07. The van der Waals surface area contributed by atoms with Gasteiger partial charge in [-0.3, -0.25) is 4.79 Å². The smallest absolute Gasteiger partial charge is 0.257 e. The number of fused-ring (bicyclic) bond motifs is 1. The third-order valence-corrected chi connectivity index (χ3v) is 4.60. The molecule has 0 saturated carbocycles. The van der Waals surface area contributed by atoms with E-state index < -0.39 is 0 Å². The minimum atomic E-state index is -0.319. The lowest BCUT2D eigenvalue weighted by molar-refractivity contribution is 0.102. The van der Waals surface area contributed by atoms with Crippen molar-refractivity contribution < 1.29 is 18.7 Å². The second-order valence-electron chi connectivity index (χ2n) is 6.86. The molecule has 0 spiro atoms. The average Bonchev–Trinajstić information content (AvgIpc) is 3.21. The zero-order chi connectivity index (χ0) is 21.6. The molecule has 0 fully saturated rings. The number of rotatable bonds is 8. The molecule has 4 aromatic rings. The van der Waals surface area contributed by atoms with Crippen LogP contribution in [0.5, 0.6) is 5.88 Å². The van der Waals surface area contributed by atoms with Crippen molar-refractivity contribution in [2.24, 2.45) is 0 Å². The molecule has 0 bridgehead atoms. The second-order valence-corrected chi connectivity index (χ2v) is 6.86. The Balaban J connectivity index is 1.38. The fourth-order valence-electron chi connectivity index (χ4n) is 3.01. The van der Waals surface area contributed by atoms with Crippen molar-refractivity contribution in [3.05, 3.63) is 72.2 Å². The van der Waals surface area contributed by atoms with Crippen LogP contribution in [0.15, 0.2) is 60.8 Å². The van der Waals surface area contributed by atoms with Gasteiger partial charge in [0.25, 0.3) is 5.91 Å². The van der Waals surface area contributed by atoms with Crippen molar-refractivity contribution in [3.63, 3.8) is 0 Å². The van der Waals surface area contributed by atoms with Gasteiger partial charge in [0, 0.05) is 43.7 Å². The zero-order valence-electron chi connectivity index (χ0n) is 16.9. The number of anilines is 1. The molecule has 0 aliphatic heterocycles. The number of aromatic amines is 1. The molecule has 0 unspecified atom stereocenters. The Morgan fingerprint density at radius 1 is 1.10 bits per heavy atom. The van der Waals surface area contributed by atoms with E-state index in [4.69, 9.17) is 9.47 Å². The Labute approximate surface area is 178 Å². The number of carbonyl (C=O) groups is 1. The number of pyridine rings is 1. The van der Waals surface area contributed by atoms with Gasteiger partial charge in [0.15, 0.2) is 0 Å². The normalized spacial score (nSPS) is 10.9. The predicted octanol–water partition coefficient (Wildman–Crippen LogP) is 4.43. The van der Waals surface area contributed by atoms with Gasteiger partial charge in [0.05, 0.1) is 23.2 Å². The van der Waals surface area contributed by atoms with Crippen LogP contribution in [-0.2, 0) is 4.74 Å². The van der Waals surface area contributed by atoms with Crippen LogP contribution in [0, 0.1) is 5.82 Å². The van der Waals surface area contributed by atoms with Crippen molar-refractivity contribution >= 4 is 22.6 Å². The van der Waals surface area contributed by atoms with Crippen LogP contribution in [-0.4, -0.2) is 41.2 Å². The monoisotopic (exact) mass is 420 g/mol. The summed E-state index contributed by atoms with van der Waals surface area (Å²) < 4.78 is 23.8. The third-order valence-electron chi connectivity index (χ3n) is 4.60. The highest BCUT2D eigenvalue weighted by molar-refractivity contribution is 6.04. The maximum Gasteiger partial charge on any atom is 0.257 e. The Morgan fingerprint density at radius 2 is 1.94 bits per heavy atom. The molecule has 0 aliphatic rings. The quantitative estimate of drug-likeness (QED) is 0.412. The molecule has 0 radical (unpaired) electrons. The molecule has 2 aromatic heterocycles. The van der Waals surface area contributed by atoms with Gasteiger partial charge in [-0.05, 0) is 48.5 Å². The van der Waals surface area contributed by atoms with E-state index in [0.29, 0.717) is 47.2 Å². The molecule has 0 atom stereocenters. The van der Waals surface area contributed by atoms with E-state index in [9.17, 15) is 9.18 Å². The first-order valence-corrected chi connectivity index (χ1v) is 9.77. The molecule has 158 valence electrons. The topological polar surface area (TPSA) is 89.1 Å². The Morgan fingerprint density at radius 3 is 2.68 bits per heavy atom. The summed E-state index contributed by atoms with van der Waals surface area (Å²) in [6, 6.07) is 15.0. The molecule has 4 rings (SSSR count). The highest BCUT2D eigenvalue weighted by Gasteiger charge is 2.09. The summed E-state index contributed by atoms with van der Waals surface area (Å²) >= 11 is 0. The first-order chi connectivity index (χ1) is 15.1. The molecular formula is C23H21FN4O3. The molecule has 0 saturated heterocycles. The number of carbonyl (C=O) groups excluding carboxylic acids is 1. The third kappa shape index (κ3) is 5.04. The van der Waals surface area contributed by atoms with Gasteiger partial charge < -0.3 is 19.8 Å². The Hall–Kier alpha value is -3.78. The van der Waals surface area contributed by atoms with Gasteiger partial charge in [0.2, 0.25) is 5.88 Å². The van der Waals surface area contributed by atoms with Gasteiger partial charge >= 0.3 is 0 Å². The minimum Gasteiger partial charge on any atom is -0.478 e. The molecule has 2 heterocycles. The molecule has 2 aromatic carbocycles. The summed E-state index contributed by atoms with van der Waals surface area (Å²) in [6.07, 6.45) is 2.24. The zero-order valence-corrected chi connectivity index (χ0v) is 16.9. The van der Waals surface area contributed by atoms with Gasteiger partial charge in [0.1, 0.15) is 11.6 Å². The molecule has 31 heavy (non-hydrogen) atoms. The molecule has 0 aliphatic carbocycles. The van der Waals surface area contributed by atoms with E-state index in [1.807, 2.05) is 12.1 Å². The van der Waals surface area contributed by atoms with Gasteiger partial charge in [-0.15, -0.1) is 0 Å². The Bertz CT molecular complexity index is 1170. The largest absolute Gasteiger partial charge is 0.478 e. The number of methoxy groups -OCH3 is 1. The number of ether oxygens (including phenoxy) is 2. The SMILES string of the molecule is COCCCOc1ccc(C(=O)Nc2ccc(-c3nc4ccc(F)cc4[nH]3)cc2)cn1. The summed E-state index contributed by atoms with van der Waals surface area (Å²) in [4.78, 5) is 24.2. The van der Waals surface area contributed by atoms with Gasteiger partial charge in [-0.25, -0.2) is 14.4 Å². The summed E-state index contributed by atoms with van der Waals surface area (Å²) in [5.41, 5.74) is 3.20. The molecule has 7 nitrogen and oxygen atoms in total. The standard InChI is InChI=1S/C23H21FN4O3/c1-30-11-2-12-31-21-10-5-16(14-25-21)23(29)26-18-7-3-15(4-8-18)22-27-19-9-6-17(24)13-20(19)28-22/h3-10,13-14H,2,11-12H2,1H3,(H,26,29)(H,27,28). The van der Waals surface area contributed by atoms with E-state index in [2.05, 4.69) is 20.3 Å². The molecule has 1 amide bonds. The number of amides is 1. The van der Waals surface area contributed by atoms with Gasteiger partial charge in [-0.1, -0.05) is 0 Å². The highest BCUT2D eigenvalue weighted by atomic mass is 19.1. The fraction of sp³-hybridized carbons (Fsp3) is 0.174. The number of hydrogen-bond donors (Lipinski definition) is 2. The van der Waals surface area contributed by atoms with E-state index >= 15 is 0 Å². The molecular weight excluding hydrogens is 399 g/mol. The van der Waals surface area contributed by atoms with Crippen LogP contribution in [0.3, 0.4) is 0 Å². The number of nitrogens with one attached hydrogen (secondary N) is 2. The average molecular weight is 420 g/mol. The number of imidazole rings is 1. The van der Waals surface area contributed by atoms with Crippen molar-refractivity contribution in [1.29, 1.82) is 0 Å². The first kappa shape index (κ1) is 20.5. The maximum absolute atomic E-state index is 13.4. The first-order valence-electron chi connectivity index (χ1n) is 9.77. The lowest BCUT2D eigenvalue weighted by Crippen LogP contribution is -2.12. The highest BCUT2D eigenvalue weighted by Crippen LogP contribution is 2.23. The Kier molecular flexibility index (Phi) is 6.18. The van der Waals surface area contributed by atoms with E-state index in [1.54, 1.807) is 37.4 Å².